The number of carboxylic acid groups (broad SMARTS) is 1. The van der Waals surface area contributed by atoms with Crippen LogP contribution < -0.4 is 4.90 Å². The fourth-order valence-electron chi connectivity index (χ4n) is 3.90. The van der Waals surface area contributed by atoms with E-state index in [1.807, 2.05) is 4.90 Å². The summed E-state index contributed by atoms with van der Waals surface area (Å²) in [6.07, 6.45) is 2.65. The van der Waals surface area contributed by atoms with E-state index in [0.29, 0.717) is 24.3 Å². The van der Waals surface area contributed by atoms with E-state index < -0.39 is 23.5 Å². The number of anilines is 1. The molecule has 33 heavy (non-hydrogen) atoms. The molecule has 8 nitrogen and oxygen atoms in total. The standard InChI is InChI=1S/C18H19F2N5O.C2HF3O2/c19-18(20)4-9-25(16(26)14-2-1-5-21-10-14)13-17(18)3-8-24(12-17)15-11-22-6-7-23-15;3-2(4,5)1(6)7/h1-2,5-7,10-11H,3-4,8-9,12-13H2;(H,6,7). The average molecular weight is 473 g/mol. The smallest absolute Gasteiger partial charge is 0.475 e. The zero-order valence-corrected chi connectivity index (χ0v) is 17.2. The van der Waals surface area contributed by atoms with E-state index >= 15 is 0 Å². The van der Waals surface area contributed by atoms with Crippen molar-refractivity contribution in [1.29, 1.82) is 0 Å². The third-order valence-electron chi connectivity index (χ3n) is 5.63. The maximum Gasteiger partial charge on any atom is 0.490 e. The van der Waals surface area contributed by atoms with Crippen LogP contribution in [0.2, 0.25) is 0 Å². The van der Waals surface area contributed by atoms with Gasteiger partial charge in [-0.3, -0.25) is 14.8 Å². The van der Waals surface area contributed by atoms with E-state index in [1.165, 1.54) is 11.1 Å². The van der Waals surface area contributed by atoms with Crippen LogP contribution in [-0.4, -0.2) is 75.1 Å². The van der Waals surface area contributed by atoms with Crippen LogP contribution in [-0.2, 0) is 4.79 Å². The summed E-state index contributed by atoms with van der Waals surface area (Å²) in [6, 6.07) is 3.34. The first kappa shape index (κ1) is 24.3. The van der Waals surface area contributed by atoms with Gasteiger partial charge in [0.1, 0.15) is 5.82 Å². The minimum absolute atomic E-state index is 0.0322. The number of likely N-dealkylation sites (tertiary alicyclic amines) is 1. The maximum absolute atomic E-state index is 14.9. The molecule has 2 aromatic rings. The van der Waals surface area contributed by atoms with Crippen LogP contribution in [0.4, 0.5) is 27.8 Å². The SMILES string of the molecule is O=C(O)C(F)(F)F.O=C(c1cccnc1)N1CCC(F)(F)C2(CCN(c3cnccn3)C2)C1. The molecule has 2 fully saturated rings. The highest BCUT2D eigenvalue weighted by Crippen LogP contribution is 2.50. The lowest BCUT2D eigenvalue weighted by Gasteiger charge is -2.45. The van der Waals surface area contributed by atoms with Crippen LogP contribution >= 0.6 is 0 Å². The first-order chi connectivity index (χ1) is 15.5. The minimum Gasteiger partial charge on any atom is -0.475 e. The molecule has 2 saturated heterocycles. The summed E-state index contributed by atoms with van der Waals surface area (Å²) >= 11 is 0. The van der Waals surface area contributed by atoms with Gasteiger partial charge < -0.3 is 14.9 Å². The summed E-state index contributed by atoms with van der Waals surface area (Å²) in [5, 5.41) is 7.12. The highest BCUT2D eigenvalue weighted by Gasteiger charge is 2.60. The largest absolute Gasteiger partial charge is 0.490 e. The van der Waals surface area contributed by atoms with Crippen molar-refractivity contribution in [3.05, 3.63) is 48.7 Å². The van der Waals surface area contributed by atoms with Crippen LogP contribution in [0.1, 0.15) is 23.2 Å². The number of nitrogens with zero attached hydrogens (tertiary/aromatic N) is 5. The molecule has 1 unspecified atom stereocenters. The second kappa shape index (κ2) is 9.24. The molecule has 2 aliphatic rings. The van der Waals surface area contributed by atoms with Crippen LogP contribution in [0, 0.1) is 5.41 Å². The fourth-order valence-corrected chi connectivity index (χ4v) is 3.90. The Balaban J connectivity index is 0.000000383. The third-order valence-corrected chi connectivity index (χ3v) is 5.63. The number of piperidine rings is 1. The second-order valence-electron chi connectivity index (χ2n) is 7.74. The van der Waals surface area contributed by atoms with Crippen molar-refractivity contribution in [3.8, 4) is 0 Å². The van der Waals surface area contributed by atoms with Gasteiger partial charge in [-0.15, -0.1) is 0 Å². The maximum atomic E-state index is 14.9. The molecular weight excluding hydrogens is 453 g/mol. The predicted molar refractivity (Wildman–Crippen MR) is 105 cm³/mol. The molecule has 0 aliphatic carbocycles. The van der Waals surface area contributed by atoms with Crippen LogP contribution in [0.5, 0.6) is 0 Å². The molecule has 1 spiro atoms. The number of amides is 1. The van der Waals surface area contributed by atoms with Crippen LogP contribution in [0.15, 0.2) is 43.1 Å². The van der Waals surface area contributed by atoms with Crippen molar-refractivity contribution in [2.45, 2.75) is 24.9 Å². The molecule has 0 aromatic carbocycles. The van der Waals surface area contributed by atoms with Crippen LogP contribution in [0.25, 0.3) is 0 Å². The summed E-state index contributed by atoms with van der Waals surface area (Å²) in [6.45, 7) is 0.719. The van der Waals surface area contributed by atoms with Gasteiger partial charge in [0, 0.05) is 57.4 Å². The van der Waals surface area contributed by atoms with E-state index in [4.69, 9.17) is 9.90 Å². The Bertz CT molecular complexity index is 977. The first-order valence-corrected chi connectivity index (χ1v) is 9.83. The van der Waals surface area contributed by atoms with Crippen molar-refractivity contribution in [2.24, 2.45) is 5.41 Å². The van der Waals surface area contributed by atoms with E-state index in [0.717, 1.165) is 0 Å². The van der Waals surface area contributed by atoms with Gasteiger partial charge in [-0.05, 0) is 18.6 Å². The van der Waals surface area contributed by atoms with Crippen molar-refractivity contribution < 1.29 is 36.6 Å². The topological polar surface area (TPSA) is 99.5 Å². The van der Waals surface area contributed by atoms with E-state index in [1.54, 1.807) is 36.9 Å². The molecule has 1 amide bonds. The van der Waals surface area contributed by atoms with Gasteiger partial charge in [-0.25, -0.2) is 18.6 Å². The Morgan fingerprint density at radius 3 is 2.27 bits per heavy atom. The van der Waals surface area contributed by atoms with Crippen LogP contribution in [0.3, 0.4) is 0 Å². The summed E-state index contributed by atoms with van der Waals surface area (Å²) in [7, 11) is 0. The predicted octanol–water partition coefficient (Wildman–Crippen LogP) is 2.88. The lowest BCUT2D eigenvalue weighted by molar-refractivity contribution is -0.192. The molecule has 2 aliphatic heterocycles. The van der Waals surface area contributed by atoms with Crippen molar-refractivity contribution in [1.82, 2.24) is 19.9 Å². The number of rotatable bonds is 2. The Morgan fingerprint density at radius 1 is 1.00 bits per heavy atom. The number of alkyl halides is 5. The van der Waals surface area contributed by atoms with Gasteiger partial charge in [0.2, 0.25) is 0 Å². The van der Waals surface area contributed by atoms with E-state index in [9.17, 15) is 26.7 Å². The lowest BCUT2D eigenvalue weighted by Crippen LogP contribution is -2.58. The van der Waals surface area contributed by atoms with Crippen molar-refractivity contribution in [2.75, 3.05) is 31.1 Å². The van der Waals surface area contributed by atoms with E-state index in [2.05, 4.69) is 15.0 Å². The number of aliphatic carboxylic acids is 1. The van der Waals surface area contributed by atoms with Gasteiger partial charge in [-0.1, -0.05) is 0 Å². The Kier molecular flexibility index (Phi) is 6.79. The zero-order valence-electron chi connectivity index (χ0n) is 17.2. The summed E-state index contributed by atoms with van der Waals surface area (Å²) < 4.78 is 61.5. The molecule has 4 heterocycles. The van der Waals surface area contributed by atoms with Gasteiger partial charge in [-0.2, -0.15) is 13.2 Å². The molecule has 0 bridgehead atoms. The molecule has 4 rings (SSSR count). The number of halogens is 5. The number of pyridine rings is 1. The molecular formula is C20H20F5N5O3. The molecule has 0 saturated carbocycles. The number of aromatic nitrogens is 3. The monoisotopic (exact) mass is 473 g/mol. The summed E-state index contributed by atoms with van der Waals surface area (Å²) in [5.74, 6) is -5.23. The lowest BCUT2D eigenvalue weighted by atomic mass is 9.75. The van der Waals surface area contributed by atoms with Gasteiger partial charge in [0.05, 0.1) is 17.2 Å². The zero-order chi connectivity index (χ0) is 24.3. The average Bonchev–Trinajstić information content (AvgIpc) is 3.22. The van der Waals surface area contributed by atoms with Gasteiger partial charge in [0.15, 0.2) is 0 Å². The summed E-state index contributed by atoms with van der Waals surface area (Å²) in [5.41, 5.74) is -0.836. The summed E-state index contributed by atoms with van der Waals surface area (Å²) in [4.78, 5) is 37.2. The number of carbonyl (C=O) groups excluding carboxylic acids is 1. The molecule has 1 atom stereocenters. The number of carbonyl (C=O) groups is 2. The number of hydrogen-bond acceptors (Lipinski definition) is 6. The number of carboxylic acids is 1. The Hall–Kier alpha value is -3.38. The highest BCUT2D eigenvalue weighted by atomic mass is 19.4. The first-order valence-electron chi connectivity index (χ1n) is 9.83. The third kappa shape index (κ3) is 5.34. The van der Waals surface area contributed by atoms with Crippen molar-refractivity contribution >= 4 is 17.7 Å². The highest BCUT2D eigenvalue weighted by molar-refractivity contribution is 5.94. The Morgan fingerprint density at radius 2 is 1.70 bits per heavy atom. The van der Waals surface area contributed by atoms with Gasteiger partial charge in [0.25, 0.3) is 11.8 Å². The minimum atomic E-state index is -5.08. The van der Waals surface area contributed by atoms with Gasteiger partial charge >= 0.3 is 12.1 Å². The molecule has 0 radical (unpaired) electrons. The number of hydrogen-bond donors (Lipinski definition) is 1. The fraction of sp³-hybridized carbons (Fsp3) is 0.450. The quantitative estimate of drug-likeness (QED) is 0.670. The molecule has 1 N–H and O–H groups in total. The Labute approximate surface area is 185 Å². The van der Waals surface area contributed by atoms with E-state index in [-0.39, 0.29) is 32.0 Å². The molecule has 13 heteroatoms. The normalized spacial score (nSPS) is 22.0. The second-order valence-corrected chi connectivity index (χ2v) is 7.74. The van der Waals surface area contributed by atoms with Crippen molar-refractivity contribution in [3.63, 3.8) is 0 Å². The molecule has 178 valence electrons. The molecule has 2 aromatic heterocycles.